The number of aromatic amines is 1. The zero-order valence-electron chi connectivity index (χ0n) is 10.7. The Bertz CT molecular complexity index is 718. The molecule has 1 heterocycles. The van der Waals surface area contributed by atoms with Crippen molar-refractivity contribution in [1.82, 2.24) is 10.2 Å². The average Bonchev–Trinajstić information content (AvgIpc) is 2.85. The molecule has 19 heavy (non-hydrogen) atoms. The predicted octanol–water partition coefficient (Wildman–Crippen LogP) is 3.12. The molecule has 1 aromatic heterocycles. The number of aryl methyl sites for hydroxylation is 1. The van der Waals surface area contributed by atoms with Gasteiger partial charge in [0.2, 0.25) is 5.88 Å². The Morgan fingerprint density at radius 3 is 2.63 bits per heavy atom. The van der Waals surface area contributed by atoms with Gasteiger partial charge in [-0.3, -0.25) is 5.10 Å². The van der Waals surface area contributed by atoms with Crippen LogP contribution in [0.15, 0.2) is 42.5 Å². The van der Waals surface area contributed by atoms with E-state index < -0.39 is 0 Å². The van der Waals surface area contributed by atoms with Crippen LogP contribution in [-0.4, -0.2) is 10.2 Å². The molecule has 0 radical (unpaired) electrons. The maximum Gasteiger partial charge on any atom is 0.238 e. The van der Waals surface area contributed by atoms with Gasteiger partial charge < -0.3 is 10.5 Å². The number of aromatic nitrogens is 2. The fraction of sp³-hybridized carbons (Fsp3) is 0.133. The predicted molar refractivity (Wildman–Crippen MR) is 75.2 cm³/mol. The maximum atomic E-state index is 5.83. The van der Waals surface area contributed by atoms with Crippen LogP contribution in [0, 0.1) is 6.92 Å². The lowest BCUT2D eigenvalue weighted by atomic mass is 10.0. The van der Waals surface area contributed by atoms with Gasteiger partial charge in [-0.25, -0.2) is 0 Å². The van der Waals surface area contributed by atoms with E-state index in [1.807, 2.05) is 43.3 Å². The summed E-state index contributed by atoms with van der Waals surface area (Å²) in [6.45, 7) is 2.46. The Morgan fingerprint density at radius 1 is 1.16 bits per heavy atom. The number of fused-ring (bicyclic) bond motifs is 1. The molecule has 0 spiro atoms. The average molecular weight is 253 g/mol. The number of hydrogen-bond acceptors (Lipinski definition) is 3. The molecule has 0 saturated carbocycles. The minimum absolute atomic E-state index is 0.516. The Labute approximate surface area is 111 Å². The number of rotatable bonds is 3. The van der Waals surface area contributed by atoms with Crippen LogP contribution in [0.2, 0.25) is 0 Å². The monoisotopic (exact) mass is 253 g/mol. The highest BCUT2D eigenvalue weighted by Crippen LogP contribution is 2.31. The summed E-state index contributed by atoms with van der Waals surface area (Å²) >= 11 is 0. The van der Waals surface area contributed by atoms with E-state index in [9.17, 15) is 0 Å². The lowest BCUT2D eigenvalue weighted by molar-refractivity contribution is 0.466. The van der Waals surface area contributed by atoms with Crippen molar-refractivity contribution in [3.63, 3.8) is 0 Å². The van der Waals surface area contributed by atoms with E-state index in [2.05, 4.69) is 16.3 Å². The molecular formula is C15H15N3O. The highest BCUT2D eigenvalue weighted by atomic mass is 16.5. The van der Waals surface area contributed by atoms with E-state index in [-0.39, 0.29) is 0 Å². The number of ether oxygens (including phenoxy) is 1. The first-order valence-corrected chi connectivity index (χ1v) is 6.18. The fourth-order valence-corrected chi connectivity index (χ4v) is 2.16. The quantitative estimate of drug-likeness (QED) is 0.753. The molecule has 0 fully saturated rings. The van der Waals surface area contributed by atoms with Crippen molar-refractivity contribution in [2.24, 2.45) is 5.73 Å². The molecule has 0 atom stereocenters. The molecule has 96 valence electrons. The van der Waals surface area contributed by atoms with E-state index >= 15 is 0 Å². The Hall–Kier alpha value is -2.33. The molecule has 0 aliphatic rings. The third-order valence-electron chi connectivity index (χ3n) is 3.09. The second-order valence-electron chi connectivity index (χ2n) is 4.46. The minimum Gasteiger partial charge on any atom is -0.437 e. The molecule has 3 rings (SSSR count). The highest BCUT2D eigenvalue weighted by Gasteiger charge is 2.08. The van der Waals surface area contributed by atoms with Crippen molar-refractivity contribution in [3.8, 4) is 11.6 Å². The summed E-state index contributed by atoms with van der Waals surface area (Å²) in [5.74, 6) is 1.36. The van der Waals surface area contributed by atoms with Crippen LogP contribution in [-0.2, 0) is 6.54 Å². The third-order valence-corrected chi connectivity index (χ3v) is 3.09. The van der Waals surface area contributed by atoms with Crippen LogP contribution in [0.3, 0.4) is 0 Å². The van der Waals surface area contributed by atoms with E-state index in [1.54, 1.807) is 0 Å². The Balaban J connectivity index is 2.09. The van der Waals surface area contributed by atoms with E-state index in [1.165, 1.54) is 0 Å². The SMILES string of the molecule is Cc1cc(Oc2ccc(CN)c3ccccc23)n[nH]1. The van der Waals surface area contributed by atoms with Crippen LogP contribution >= 0.6 is 0 Å². The van der Waals surface area contributed by atoms with Crippen LogP contribution < -0.4 is 10.5 Å². The number of hydrogen-bond donors (Lipinski definition) is 2. The van der Waals surface area contributed by atoms with Crippen molar-refractivity contribution in [2.75, 3.05) is 0 Å². The van der Waals surface area contributed by atoms with Crippen molar-refractivity contribution >= 4 is 10.8 Å². The number of nitrogens with zero attached hydrogens (tertiary/aromatic N) is 1. The van der Waals surface area contributed by atoms with E-state index in [4.69, 9.17) is 10.5 Å². The van der Waals surface area contributed by atoms with Gasteiger partial charge in [0, 0.05) is 23.7 Å². The highest BCUT2D eigenvalue weighted by molar-refractivity contribution is 5.91. The molecule has 0 saturated heterocycles. The zero-order chi connectivity index (χ0) is 13.2. The smallest absolute Gasteiger partial charge is 0.238 e. The summed E-state index contributed by atoms with van der Waals surface area (Å²) in [6, 6.07) is 13.9. The standard InChI is InChI=1S/C15H15N3O/c1-10-8-15(18-17-10)19-14-7-6-11(9-16)12-4-2-3-5-13(12)14/h2-8H,9,16H2,1H3,(H,17,18). The minimum atomic E-state index is 0.516. The second-order valence-corrected chi connectivity index (χ2v) is 4.46. The van der Waals surface area contributed by atoms with Crippen molar-refractivity contribution in [2.45, 2.75) is 13.5 Å². The second kappa shape index (κ2) is 4.74. The van der Waals surface area contributed by atoms with E-state index in [0.717, 1.165) is 27.8 Å². The van der Waals surface area contributed by atoms with Crippen molar-refractivity contribution in [3.05, 3.63) is 53.7 Å². The number of nitrogens with one attached hydrogen (secondary N) is 1. The molecular weight excluding hydrogens is 238 g/mol. The molecule has 0 amide bonds. The lowest BCUT2D eigenvalue weighted by Gasteiger charge is -2.09. The first-order chi connectivity index (χ1) is 9.28. The van der Waals surface area contributed by atoms with Crippen molar-refractivity contribution in [1.29, 1.82) is 0 Å². The summed E-state index contributed by atoms with van der Waals surface area (Å²) in [6.07, 6.45) is 0. The largest absolute Gasteiger partial charge is 0.437 e. The molecule has 0 bridgehead atoms. The van der Waals surface area contributed by atoms with Gasteiger partial charge >= 0.3 is 0 Å². The summed E-state index contributed by atoms with van der Waals surface area (Å²) in [4.78, 5) is 0. The zero-order valence-corrected chi connectivity index (χ0v) is 10.7. The number of nitrogens with two attached hydrogens (primary N) is 1. The first-order valence-electron chi connectivity index (χ1n) is 6.18. The normalized spacial score (nSPS) is 10.8. The van der Waals surface area contributed by atoms with Gasteiger partial charge in [-0.2, -0.15) is 0 Å². The molecule has 4 nitrogen and oxygen atoms in total. The molecule has 0 unspecified atom stereocenters. The van der Waals surface area contributed by atoms with Gasteiger partial charge in [0.05, 0.1) is 0 Å². The summed E-state index contributed by atoms with van der Waals surface area (Å²) in [5, 5.41) is 9.12. The van der Waals surface area contributed by atoms with Crippen molar-refractivity contribution < 1.29 is 4.74 Å². The molecule has 2 aromatic carbocycles. The van der Waals surface area contributed by atoms with Gasteiger partial charge in [0.15, 0.2) is 0 Å². The maximum absolute atomic E-state index is 5.83. The topological polar surface area (TPSA) is 63.9 Å². The van der Waals surface area contributed by atoms with Crippen LogP contribution in [0.1, 0.15) is 11.3 Å². The van der Waals surface area contributed by atoms with Crippen LogP contribution in [0.4, 0.5) is 0 Å². The summed E-state index contributed by atoms with van der Waals surface area (Å²) < 4.78 is 5.83. The molecule has 0 aliphatic heterocycles. The van der Waals surface area contributed by atoms with Gasteiger partial charge in [-0.05, 0) is 23.9 Å². The number of benzene rings is 2. The first kappa shape index (κ1) is 11.7. The summed E-state index contributed by atoms with van der Waals surface area (Å²) in [7, 11) is 0. The molecule has 3 N–H and O–H groups in total. The third kappa shape index (κ3) is 2.18. The van der Waals surface area contributed by atoms with E-state index in [0.29, 0.717) is 12.4 Å². The van der Waals surface area contributed by atoms with Gasteiger partial charge in [0.1, 0.15) is 5.75 Å². The molecule has 4 heteroatoms. The molecule has 0 aliphatic carbocycles. The van der Waals surface area contributed by atoms with Crippen LogP contribution in [0.5, 0.6) is 11.6 Å². The number of H-pyrrole nitrogens is 1. The lowest BCUT2D eigenvalue weighted by Crippen LogP contribution is -1.98. The summed E-state index contributed by atoms with van der Waals surface area (Å²) in [5.41, 5.74) is 7.85. The Kier molecular flexibility index (Phi) is 2.93. The molecule has 3 aromatic rings. The fourth-order valence-electron chi connectivity index (χ4n) is 2.16. The van der Waals surface area contributed by atoms with Gasteiger partial charge in [-0.15, -0.1) is 5.10 Å². The van der Waals surface area contributed by atoms with Crippen LogP contribution in [0.25, 0.3) is 10.8 Å². The Morgan fingerprint density at radius 2 is 1.95 bits per heavy atom. The van der Waals surface area contributed by atoms with Gasteiger partial charge in [0.25, 0.3) is 0 Å². The van der Waals surface area contributed by atoms with Gasteiger partial charge in [-0.1, -0.05) is 30.3 Å².